The first-order chi connectivity index (χ1) is 7.43. The van der Waals surface area contributed by atoms with Crippen molar-refractivity contribution in [3.05, 3.63) is 0 Å². The molecule has 90 valence electrons. The van der Waals surface area contributed by atoms with Gasteiger partial charge in [0.25, 0.3) is 0 Å². The molecule has 1 heterocycles. The van der Waals surface area contributed by atoms with E-state index in [0.717, 1.165) is 19.5 Å². The van der Waals surface area contributed by atoms with Crippen LogP contribution in [0.5, 0.6) is 0 Å². The van der Waals surface area contributed by atoms with E-state index in [-0.39, 0.29) is 11.9 Å². The molecule has 1 saturated carbocycles. The highest BCUT2D eigenvalue weighted by Gasteiger charge is 2.44. The highest BCUT2D eigenvalue weighted by molar-refractivity contribution is 5.86. The van der Waals surface area contributed by atoms with Crippen LogP contribution in [0.25, 0.3) is 0 Å². The van der Waals surface area contributed by atoms with Gasteiger partial charge in [0.1, 0.15) is 5.78 Å². The third-order valence-corrected chi connectivity index (χ3v) is 3.92. The average Bonchev–Trinajstić information content (AvgIpc) is 2.61. The van der Waals surface area contributed by atoms with E-state index in [4.69, 9.17) is 0 Å². The summed E-state index contributed by atoms with van der Waals surface area (Å²) in [5.74, 6) is 0.505. The van der Waals surface area contributed by atoms with Crippen molar-refractivity contribution in [3.8, 4) is 0 Å². The lowest BCUT2D eigenvalue weighted by Crippen LogP contribution is -2.64. The van der Waals surface area contributed by atoms with Crippen molar-refractivity contribution in [2.24, 2.45) is 0 Å². The number of ketones is 1. The van der Waals surface area contributed by atoms with Gasteiger partial charge < -0.3 is 4.90 Å². The minimum absolute atomic E-state index is 0.165. The summed E-state index contributed by atoms with van der Waals surface area (Å²) in [5.41, 5.74) is -0.456. The number of nitrogens with zero attached hydrogens (tertiary/aromatic N) is 2. The van der Waals surface area contributed by atoms with Crippen LogP contribution in [-0.2, 0) is 9.59 Å². The fourth-order valence-electron chi connectivity index (χ4n) is 2.93. The molecule has 0 aromatic rings. The van der Waals surface area contributed by atoms with E-state index < -0.39 is 5.54 Å². The van der Waals surface area contributed by atoms with Crippen molar-refractivity contribution in [2.45, 2.75) is 44.7 Å². The predicted molar refractivity (Wildman–Crippen MR) is 61.1 cm³/mol. The van der Waals surface area contributed by atoms with Crippen molar-refractivity contribution in [1.82, 2.24) is 9.80 Å². The van der Waals surface area contributed by atoms with Gasteiger partial charge in [0.15, 0.2) is 0 Å². The van der Waals surface area contributed by atoms with Gasteiger partial charge in [-0.1, -0.05) is 0 Å². The molecule has 4 heteroatoms. The molecule has 0 spiro atoms. The minimum atomic E-state index is -0.456. The van der Waals surface area contributed by atoms with E-state index in [9.17, 15) is 9.59 Å². The predicted octanol–water partition coefficient (Wildman–Crippen LogP) is 0.661. The number of Topliss-reactive ketones (excluding diaryl/α,β-unsaturated/α-hetero) is 1. The van der Waals surface area contributed by atoms with E-state index in [1.54, 1.807) is 4.90 Å². The third kappa shape index (κ3) is 1.75. The van der Waals surface area contributed by atoms with Gasteiger partial charge in [0.05, 0.1) is 5.54 Å². The Morgan fingerprint density at radius 3 is 2.50 bits per heavy atom. The Morgan fingerprint density at radius 1 is 1.25 bits per heavy atom. The quantitative estimate of drug-likeness (QED) is 0.657. The van der Waals surface area contributed by atoms with Crippen LogP contribution < -0.4 is 0 Å². The SMILES string of the molecule is CN1CCN(C2CCC(=O)C2)C(C)(C)C1=O. The highest BCUT2D eigenvalue weighted by Crippen LogP contribution is 2.30. The lowest BCUT2D eigenvalue weighted by Gasteiger charge is -2.47. The summed E-state index contributed by atoms with van der Waals surface area (Å²) in [6.07, 6.45) is 2.22. The van der Waals surface area contributed by atoms with Gasteiger partial charge in [-0.15, -0.1) is 0 Å². The van der Waals surface area contributed by atoms with Gasteiger partial charge in [-0.2, -0.15) is 0 Å². The second-order valence-corrected chi connectivity index (χ2v) is 5.41. The highest BCUT2D eigenvalue weighted by atomic mass is 16.2. The molecule has 0 aromatic carbocycles. The molecule has 1 aliphatic heterocycles. The van der Waals surface area contributed by atoms with Crippen LogP contribution in [0.4, 0.5) is 0 Å². The lowest BCUT2D eigenvalue weighted by molar-refractivity contribution is -0.149. The Kier molecular flexibility index (Phi) is 2.78. The van der Waals surface area contributed by atoms with Gasteiger partial charge in [-0.05, 0) is 20.3 Å². The number of carbonyl (C=O) groups is 2. The van der Waals surface area contributed by atoms with Crippen molar-refractivity contribution >= 4 is 11.7 Å². The molecule has 16 heavy (non-hydrogen) atoms. The maximum absolute atomic E-state index is 12.1. The molecule has 4 nitrogen and oxygen atoms in total. The molecule has 2 fully saturated rings. The van der Waals surface area contributed by atoms with Crippen LogP contribution in [-0.4, -0.2) is 53.2 Å². The maximum atomic E-state index is 12.1. The van der Waals surface area contributed by atoms with Crippen LogP contribution in [0, 0.1) is 0 Å². The Hall–Kier alpha value is -0.900. The average molecular weight is 224 g/mol. The van der Waals surface area contributed by atoms with Gasteiger partial charge in [0, 0.05) is 39.0 Å². The first-order valence-electron chi connectivity index (χ1n) is 5.97. The Bertz CT molecular complexity index is 325. The molecule has 1 atom stereocenters. The molecular weight excluding hydrogens is 204 g/mol. The molecule has 1 unspecified atom stereocenters. The number of hydrogen-bond acceptors (Lipinski definition) is 3. The van der Waals surface area contributed by atoms with Gasteiger partial charge in [0.2, 0.25) is 5.91 Å². The molecular formula is C12H20N2O2. The van der Waals surface area contributed by atoms with Crippen molar-refractivity contribution in [1.29, 1.82) is 0 Å². The Labute approximate surface area is 96.6 Å². The van der Waals surface area contributed by atoms with Crippen LogP contribution in [0.15, 0.2) is 0 Å². The normalized spacial score (nSPS) is 31.2. The molecule has 1 saturated heterocycles. The van der Waals surface area contributed by atoms with Gasteiger partial charge >= 0.3 is 0 Å². The lowest BCUT2D eigenvalue weighted by atomic mass is 9.95. The molecule has 2 aliphatic rings. The van der Waals surface area contributed by atoms with E-state index in [0.29, 0.717) is 18.6 Å². The van der Waals surface area contributed by atoms with Crippen LogP contribution >= 0.6 is 0 Å². The third-order valence-electron chi connectivity index (χ3n) is 3.92. The van der Waals surface area contributed by atoms with Gasteiger partial charge in [-0.3, -0.25) is 14.5 Å². The molecule has 0 bridgehead atoms. The standard InChI is InChI=1S/C12H20N2O2/c1-12(2)11(16)13(3)6-7-14(12)9-4-5-10(15)8-9/h9H,4-8H2,1-3H3. The Balaban J connectivity index is 2.15. The number of hydrogen-bond donors (Lipinski definition) is 0. The number of likely N-dealkylation sites (N-methyl/N-ethyl adjacent to an activating group) is 1. The summed E-state index contributed by atoms with van der Waals surface area (Å²) in [5, 5.41) is 0. The summed E-state index contributed by atoms with van der Waals surface area (Å²) in [6, 6.07) is 0.278. The maximum Gasteiger partial charge on any atom is 0.242 e. The molecule has 0 radical (unpaired) electrons. The number of amides is 1. The van der Waals surface area contributed by atoms with E-state index in [1.165, 1.54) is 0 Å². The zero-order valence-corrected chi connectivity index (χ0v) is 10.3. The molecule has 0 aromatic heterocycles. The van der Waals surface area contributed by atoms with Crippen LogP contribution in [0.2, 0.25) is 0 Å². The van der Waals surface area contributed by atoms with Crippen molar-refractivity contribution < 1.29 is 9.59 Å². The fourth-order valence-corrected chi connectivity index (χ4v) is 2.93. The van der Waals surface area contributed by atoms with Crippen LogP contribution in [0.3, 0.4) is 0 Å². The van der Waals surface area contributed by atoms with Gasteiger partial charge in [-0.25, -0.2) is 0 Å². The smallest absolute Gasteiger partial charge is 0.242 e. The summed E-state index contributed by atoms with van der Waals surface area (Å²) >= 11 is 0. The summed E-state index contributed by atoms with van der Waals surface area (Å²) < 4.78 is 0. The number of rotatable bonds is 1. The topological polar surface area (TPSA) is 40.6 Å². The largest absolute Gasteiger partial charge is 0.343 e. The van der Waals surface area contributed by atoms with E-state index in [1.807, 2.05) is 20.9 Å². The Morgan fingerprint density at radius 2 is 1.94 bits per heavy atom. The van der Waals surface area contributed by atoms with E-state index in [2.05, 4.69) is 4.90 Å². The van der Waals surface area contributed by atoms with Crippen LogP contribution in [0.1, 0.15) is 33.1 Å². The zero-order valence-electron chi connectivity index (χ0n) is 10.3. The molecule has 0 N–H and O–H groups in total. The number of carbonyl (C=O) groups excluding carboxylic acids is 2. The van der Waals surface area contributed by atoms with Crippen molar-refractivity contribution in [2.75, 3.05) is 20.1 Å². The first kappa shape index (κ1) is 11.6. The first-order valence-corrected chi connectivity index (χ1v) is 5.97. The second kappa shape index (κ2) is 3.84. The van der Waals surface area contributed by atoms with Crippen molar-refractivity contribution in [3.63, 3.8) is 0 Å². The van der Waals surface area contributed by atoms with E-state index >= 15 is 0 Å². The molecule has 1 amide bonds. The second-order valence-electron chi connectivity index (χ2n) is 5.41. The zero-order chi connectivity index (χ0) is 11.9. The molecule has 2 rings (SSSR count). The minimum Gasteiger partial charge on any atom is -0.343 e. The monoisotopic (exact) mass is 224 g/mol. The fraction of sp³-hybridized carbons (Fsp3) is 0.833. The summed E-state index contributed by atoms with van der Waals surface area (Å²) in [4.78, 5) is 27.4. The summed E-state index contributed by atoms with van der Waals surface area (Å²) in [6.45, 7) is 5.59. The summed E-state index contributed by atoms with van der Waals surface area (Å²) in [7, 11) is 1.85. The molecule has 1 aliphatic carbocycles. The number of piperazine rings is 1.